The summed E-state index contributed by atoms with van der Waals surface area (Å²) in [6, 6.07) is 3.49. The van der Waals surface area contributed by atoms with Crippen molar-refractivity contribution in [1.29, 1.82) is 0 Å². The number of carbonyl (C=O) groups is 2. The summed E-state index contributed by atoms with van der Waals surface area (Å²) in [6.07, 6.45) is 3.24. The van der Waals surface area contributed by atoms with Crippen molar-refractivity contribution in [2.45, 2.75) is 4.90 Å². The molecule has 97 valence electrons. The Kier molecular flexibility index (Phi) is 3.05. The van der Waals surface area contributed by atoms with Crippen LogP contribution in [-0.4, -0.2) is 31.1 Å². The van der Waals surface area contributed by atoms with Gasteiger partial charge in [-0.15, -0.1) is 0 Å². The van der Waals surface area contributed by atoms with Crippen molar-refractivity contribution < 1.29 is 27.4 Å². The lowest BCUT2D eigenvalue weighted by atomic mass is 10.2. The quantitative estimate of drug-likeness (QED) is 0.607. The molecule has 1 aromatic carbocycles. The lowest BCUT2D eigenvalue weighted by molar-refractivity contribution is -0.120. The highest BCUT2D eigenvalue weighted by Crippen LogP contribution is 2.29. The van der Waals surface area contributed by atoms with Gasteiger partial charge in [0.25, 0.3) is 21.9 Å². The number of amides is 2. The second-order valence-corrected chi connectivity index (χ2v) is 4.93. The Hall–Kier alpha value is -2.32. The van der Waals surface area contributed by atoms with Gasteiger partial charge in [-0.05, 0) is 12.1 Å². The number of hydrogen-bond acceptors (Lipinski definition) is 5. The van der Waals surface area contributed by atoms with Crippen LogP contribution in [0.5, 0.6) is 0 Å². The van der Waals surface area contributed by atoms with Crippen molar-refractivity contribution in [1.82, 2.24) is 0 Å². The molecule has 0 spiro atoms. The summed E-state index contributed by atoms with van der Waals surface area (Å²) in [7, 11) is -4.80. The van der Waals surface area contributed by atoms with E-state index in [1.165, 1.54) is 12.4 Å². The molecule has 1 radical (unpaired) electrons. The summed E-state index contributed by atoms with van der Waals surface area (Å²) >= 11 is 0. The van der Waals surface area contributed by atoms with Crippen LogP contribution in [0.25, 0.3) is 0 Å². The number of imide groups is 1. The molecule has 0 saturated carbocycles. The van der Waals surface area contributed by atoms with E-state index in [4.69, 9.17) is 4.55 Å². The van der Waals surface area contributed by atoms with E-state index < -0.39 is 32.4 Å². The largest absolute Gasteiger partial charge is 0.297 e. The number of rotatable bonds is 3. The zero-order valence-electron chi connectivity index (χ0n) is 9.23. The van der Waals surface area contributed by atoms with Gasteiger partial charge in [0.1, 0.15) is 4.90 Å². The third kappa shape index (κ3) is 2.18. The topological polar surface area (TPSA) is 109 Å². The van der Waals surface area contributed by atoms with Gasteiger partial charge in [0.2, 0.25) is 6.29 Å². The summed E-state index contributed by atoms with van der Waals surface area (Å²) in [6.45, 7) is 0. The first kappa shape index (κ1) is 13.1. The SMILES string of the molecule is O=[C]c1cccc(N2C(=O)C=CC2=O)c1S(=O)(=O)O. The van der Waals surface area contributed by atoms with E-state index in [2.05, 4.69) is 0 Å². The Morgan fingerprint density at radius 1 is 1.11 bits per heavy atom. The van der Waals surface area contributed by atoms with Crippen LogP contribution in [0.1, 0.15) is 5.56 Å². The molecule has 1 heterocycles. The molecule has 8 heteroatoms. The van der Waals surface area contributed by atoms with Crippen LogP contribution >= 0.6 is 0 Å². The molecular formula is C11H6NO6S. The second-order valence-electron chi connectivity index (χ2n) is 3.58. The maximum atomic E-state index is 11.5. The average Bonchev–Trinajstić information content (AvgIpc) is 2.67. The number of nitrogens with zero attached hydrogens (tertiary/aromatic N) is 1. The Morgan fingerprint density at radius 3 is 2.16 bits per heavy atom. The Bertz CT molecular complexity index is 701. The van der Waals surface area contributed by atoms with Gasteiger partial charge >= 0.3 is 0 Å². The lowest BCUT2D eigenvalue weighted by Gasteiger charge is -2.17. The van der Waals surface area contributed by atoms with Gasteiger partial charge in [-0.3, -0.25) is 18.9 Å². The van der Waals surface area contributed by atoms with Gasteiger partial charge in [0.15, 0.2) is 0 Å². The molecule has 0 bridgehead atoms. The third-order valence-electron chi connectivity index (χ3n) is 2.41. The first-order valence-corrected chi connectivity index (χ1v) is 6.35. The molecule has 1 aliphatic rings. The van der Waals surface area contributed by atoms with Crippen LogP contribution < -0.4 is 4.90 Å². The van der Waals surface area contributed by atoms with Gasteiger partial charge in [-0.25, -0.2) is 4.90 Å². The smallest absolute Gasteiger partial charge is 0.285 e. The molecule has 0 atom stereocenters. The number of anilines is 1. The predicted molar refractivity (Wildman–Crippen MR) is 62.7 cm³/mol. The lowest BCUT2D eigenvalue weighted by Crippen LogP contribution is -2.31. The van der Waals surface area contributed by atoms with E-state index in [1.54, 1.807) is 0 Å². The molecule has 2 rings (SSSR count). The molecule has 19 heavy (non-hydrogen) atoms. The molecule has 0 saturated heterocycles. The van der Waals surface area contributed by atoms with Crippen molar-refractivity contribution in [3.63, 3.8) is 0 Å². The highest BCUT2D eigenvalue weighted by atomic mass is 32.2. The summed E-state index contributed by atoms with van der Waals surface area (Å²) < 4.78 is 31.8. The first-order valence-electron chi connectivity index (χ1n) is 4.91. The summed E-state index contributed by atoms with van der Waals surface area (Å²) in [5.41, 5.74) is -0.851. The molecule has 0 aliphatic carbocycles. The van der Waals surface area contributed by atoms with Crippen LogP contribution in [0, 0.1) is 0 Å². The van der Waals surface area contributed by atoms with Crippen LogP contribution in [0.3, 0.4) is 0 Å². The van der Waals surface area contributed by atoms with E-state index in [9.17, 15) is 22.8 Å². The number of carbonyl (C=O) groups excluding carboxylic acids is 3. The van der Waals surface area contributed by atoms with Crippen molar-refractivity contribution in [2.75, 3.05) is 4.90 Å². The molecule has 0 fully saturated rings. The van der Waals surface area contributed by atoms with Crippen LogP contribution in [0.2, 0.25) is 0 Å². The van der Waals surface area contributed by atoms with E-state index in [1.807, 2.05) is 0 Å². The minimum absolute atomic E-state index is 0.386. The molecule has 0 aromatic heterocycles. The van der Waals surface area contributed by atoms with Crippen molar-refractivity contribution in [2.24, 2.45) is 0 Å². The summed E-state index contributed by atoms with van der Waals surface area (Å²) in [5, 5.41) is 0. The van der Waals surface area contributed by atoms with E-state index in [0.29, 0.717) is 4.90 Å². The minimum atomic E-state index is -4.80. The van der Waals surface area contributed by atoms with Gasteiger partial charge in [-0.1, -0.05) is 6.07 Å². The average molecular weight is 280 g/mol. The summed E-state index contributed by atoms with van der Waals surface area (Å²) in [4.78, 5) is 33.4. The third-order valence-corrected chi connectivity index (χ3v) is 3.36. The van der Waals surface area contributed by atoms with Crippen molar-refractivity contribution in [3.05, 3.63) is 35.9 Å². The number of hydrogen-bond donors (Lipinski definition) is 1. The zero-order valence-corrected chi connectivity index (χ0v) is 10.0. The Balaban J connectivity index is 2.75. The highest BCUT2D eigenvalue weighted by molar-refractivity contribution is 7.86. The second kappa shape index (κ2) is 4.41. The monoisotopic (exact) mass is 280 g/mol. The molecule has 0 unspecified atom stereocenters. The standard InChI is InChI=1S/C11H6NO6S/c13-6-7-2-1-3-8(11(7)19(16,17)18)12-9(14)4-5-10(12)15/h1-5H,(H,16,17,18). The summed E-state index contributed by atoms with van der Waals surface area (Å²) in [5.74, 6) is -1.53. The van der Waals surface area contributed by atoms with Gasteiger partial charge in [-0.2, -0.15) is 8.42 Å². The normalized spacial score (nSPS) is 15.1. The molecule has 1 N–H and O–H groups in total. The molecule has 1 aliphatic heterocycles. The van der Waals surface area contributed by atoms with Crippen LogP contribution in [-0.2, 0) is 24.5 Å². The Labute approximate surface area is 107 Å². The van der Waals surface area contributed by atoms with Crippen molar-refractivity contribution in [3.8, 4) is 0 Å². The van der Waals surface area contributed by atoms with E-state index >= 15 is 0 Å². The highest BCUT2D eigenvalue weighted by Gasteiger charge is 2.32. The van der Waals surface area contributed by atoms with Gasteiger partial charge < -0.3 is 0 Å². The fourth-order valence-electron chi connectivity index (χ4n) is 1.69. The zero-order chi connectivity index (χ0) is 14.2. The van der Waals surface area contributed by atoms with Crippen molar-refractivity contribution >= 4 is 33.9 Å². The van der Waals surface area contributed by atoms with Gasteiger partial charge in [0.05, 0.1) is 5.69 Å². The van der Waals surface area contributed by atoms with E-state index in [-0.39, 0.29) is 5.69 Å². The van der Waals surface area contributed by atoms with Gasteiger partial charge in [0, 0.05) is 17.7 Å². The van der Waals surface area contributed by atoms with Crippen LogP contribution in [0.15, 0.2) is 35.2 Å². The first-order chi connectivity index (χ1) is 8.86. The van der Waals surface area contributed by atoms with E-state index in [0.717, 1.165) is 24.3 Å². The molecule has 7 nitrogen and oxygen atoms in total. The minimum Gasteiger partial charge on any atom is -0.285 e. The van der Waals surface area contributed by atoms with Crippen LogP contribution in [0.4, 0.5) is 5.69 Å². The maximum absolute atomic E-state index is 11.5. The molecular weight excluding hydrogens is 274 g/mol. The Morgan fingerprint density at radius 2 is 1.68 bits per heavy atom. The maximum Gasteiger partial charge on any atom is 0.297 e. The fraction of sp³-hybridized carbons (Fsp3) is 0. The molecule has 2 amide bonds. The predicted octanol–water partition coefficient (Wildman–Crippen LogP) is -0.180. The number of benzene rings is 1. The fourth-order valence-corrected chi connectivity index (χ4v) is 2.50. The molecule has 1 aromatic rings.